The van der Waals surface area contributed by atoms with Gasteiger partial charge >= 0.3 is 0 Å². The Labute approximate surface area is 270 Å². The Balaban J connectivity index is 1.19. The number of halogens is 2. The SMILES string of the molecule is Cc1c(Nc2nccc3cc(CN4CCC(O)CC4)cnc23)cccc1C1N=CC=CC1(Cl)c1nc2cc(CO)cc(Cl)c2o1. The van der Waals surface area contributed by atoms with Gasteiger partial charge in [0.15, 0.2) is 16.3 Å². The molecule has 3 N–H and O–H groups in total. The summed E-state index contributed by atoms with van der Waals surface area (Å²) in [6.07, 6.45) is 10.4. The number of fused-ring (bicyclic) bond motifs is 2. The standard InChI is InChI=1S/C34H32Cl2N6O3/c1-20-25(31-34(36,9-3-10-37-31)33-41-28-16-21(19-43)15-26(35)30(28)45-33)4-2-5-27(20)40-32-29-23(6-11-38-32)14-22(17-39-29)18-42-12-7-24(44)8-13-42/h2-6,9-11,14-17,24,31,43-44H,7-8,12-13,18-19H2,1H3,(H,38,40). The zero-order valence-electron chi connectivity index (χ0n) is 24.6. The fourth-order valence-corrected chi connectivity index (χ4v) is 6.75. The van der Waals surface area contributed by atoms with Gasteiger partial charge in [0.1, 0.15) is 17.1 Å². The second-order valence-corrected chi connectivity index (χ2v) is 12.7. The molecule has 2 unspecified atom stereocenters. The van der Waals surface area contributed by atoms with Gasteiger partial charge in [-0.25, -0.2) is 9.97 Å². The van der Waals surface area contributed by atoms with Crippen LogP contribution >= 0.6 is 23.2 Å². The molecule has 0 radical (unpaired) electrons. The number of anilines is 2. The molecule has 2 aromatic carbocycles. The van der Waals surface area contributed by atoms with E-state index in [-0.39, 0.29) is 18.6 Å². The average Bonchev–Trinajstić information content (AvgIpc) is 3.50. The second kappa shape index (κ2) is 12.2. The minimum absolute atomic E-state index is 0.164. The Bertz CT molecular complexity index is 1950. The van der Waals surface area contributed by atoms with E-state index >= 15 is 0 Å². The number of pyridine rings is 2. The molecule has 11 heteroatoms. The number of likely N-dealkylation sites (tertiary alicyclic amines) is 1. The summed E-state index contributed by atoms with van der Waals surface area (Å²) in [7, 11) is 0. The van der Waals surface area contributed by atoms with Crippen molar-refractivity contribution in [2.24, 2.45) is 4.99 Å². The Kier molecular flexibility index (Phi) is 8.05. The predicted octanol–water partition coefficient (Wildman–Crippen LogP) is 6.74. The van der Waals surface area contributed by atoms with E-state index in [0.29, 0.717) is 27.5 Å². The maximum atomic E-state index is 9.84. The number of benzene rings is 2. The van der Waals surface area contributed by atoms with Crippen molar-refractivity contribution in [1.29, 1.82) is 0 Å². The number of hydrogen-bond donors (Lipinski definition) is 3. The molecular weight excluding hydrogens is 611 g/mol. The minimum atomic E-state index is -1.22. The van der Waals surface area contributed by atoms with E-state index in [2.05, 4.69) is 26.3 Å². The van der Waals surface area contributed by atoms with E-state index in [0.717, 1.165) is 65.8 Å². The van der Waals surface area contributed by atoms with Crippen LogP contribution in [0.2, 0.25) is 5.02 Å². The second-order valence-electron chi connectivity index (χ2n) is 11.7. The molecule has 1 fully saturated rings. The molecule has 1 saturated heterocycles. The van der Waals surface area contributed by atoms with Crippen LogP contribution < -0.4 is 5.32 Å². The third kappa shape index (κ3) is 5.71. The van der Waals surface area contributed by atoms with Gasteiger partial charge in [-0.05, 0) is 78.4 Å². The number of oxazole rings is 1. The van der Waals surface area contributed by atoms with Gasteiger partial charge in [0.25, 0.3) is 0 Å². The van der Waals surface area contributed by atoms with Crippen LogP contribution in [0, 0.1) is 6.92 Å². The molecule has 45 heavy (non-hydrogen) atoms. The van der Waals surface area contributed by atoms with Gasteiger partial charge < -0.3 is 19.9 Å². The Morgan fingerprint density at radius 3 is 2.78 bits per heavy atom. The van der Waals surface area contributed by atoms with Gasteiger partial charge in [-0.2, -0.15) is 0 Å². The van der Waals surface area contributed by atoms with Crippen LogP contribution in [-0.4, -0.2) is 55.5 Å². The van der Waals surface area contributed by atoms with Crippen molar-refractivity contribution in [3.8, 4) is 0 Å². The van der Waals surface area contributed by atoms with Crippen LogP contribution in [0.5, 0.6) is 0 Å². The first-order valence-corrected chi connectivity index (χ1v) is 15.7. The first-order chi connectivity index (χ1) is 21.8. The van der Waals surface area contributed by atoms with E-state index < -0.39 is 10.9 Å². The molecule has 0 aliphatic carbocycles. The number of hydrogen-bond acceptors (Lipinski definition) is 9. The number of aromatic nitrogens is 3. The molecule has 0 saturated carbocycles. The lowest BCUT2D eigenvalue weighted by Gasteiger charge is -2.31. The molecule has 3 aromatic heterocycles. The van der Waals surface area contributed by atoms with Crippen molar-refractivity contribution in [2.75, 3.05) is 18.4 Å². The van der Waals surface area contributed by atoms with Crippen molar-refractivity contribution < 1.29 is 14.6 Å². The zero-order valence-corrected chi connectivity index (χ0v) is 26.1. The molecule has 230 valence electrons. The summed E-state index contributed by atoms with van der Waals surface area (Å²) in [4.78, 5) is 20.0. The van der Waals surface area contributed by atoms with Crippen LogP contribution in [-0.2, 0) is 18.0 Å². The molecule has 0 bridgehead atoms. The molecule has 2 aliphatic heterocycles. The lowest BCUT2D eigenvalue weighted by atomic mass is 9.87. The first kappa shape index (κ1) is 29.8. The molecular formula is C34H32Cl2N6O3. The van der Waals surface area contributed by atoms with Gasteiger partial charge in [0.05, 0.1) is 17.7 Å². The normalized spacial score (nSPS) is 20.8. The average molecular weight is 644 g/mol. The topological polar surface area (TPSA) is 120 Å². The van der Waals surface area contributed by atoms with Gasteiger partial charge in [-0.15, -0.1) is 11.6 Å². The van der Waals surface area contributed by atoms with Crippen molar-refractivity contribution in [3.63, 3.8) is 0 Å². The quantitative estimate of drug-likeness (QED) is 0.167. The molecule has 5 heterocycles. The van der Waals surface area contributed by atoms with Crippen LogP contribution in [0.3, 0.4) is 0 Å². The highest BCUT2D eigenvalue weighted by molar-refractivity contribution is 6.34. The summed E-state index contributed by atoms with van der Waals surface area (Å²) < 4.78 is 6.14. The van der Waals surface area contributed by atoms with Gasteiger partial charge in [-0.1, -0.05) is 29.8 Å². The summed E-state index contributed by atoms with van der Waals surface area (Å²) in [6.45, 7) is 4.42. The third-order valence-electron chi connectivity index (χ3n) is 8.62. The van der Waals surface area contributed by atoms with E-state index in [1.807, 2.05) is 43.5 Å². The molecule has 0 amide bonds. The first-order valence-electron chi connectivity index (χ1n) is 14.9. The number of aliphatic imine (C=N–C) groups is 1. The summed E-state index contributed by atoms with van der Waals surface area (Å²) in [5.41, 5.74) is 6.14. The minimum Gasteiger partial charge on any atom is -0.437 e. The maximum Gasteiger partial charge on any atom is 0.223 e. The van der Waals surface area contributed by atoms with E-state index in [9.17, 15) is 10.2 Å². The number of aliphatic hydroxyl groups is 2. The van der Waals surface area contributed by atoms with Crippen molar-refractivity contribution >= 4 is 62.9 Å². The largest absolute Gasteiger partial charge is 0.437 e. The van der Waals surface area contributed by atoms with Crippen LogP contribution in [0.25, 0.3) is 22.0 Å². The lowest BCUT2D eigenvalue weighted by Crippen LogP contribution is -2.35. The molecule has 7 rings (SSSR count). The highest BCUT2D eigenvalue weighted by Crippen LogP contribution is 2.48. The third-order valence-corrected chi connectivity index (χ3v) is 9.39. The van der Waals surface area contributed by atoms with Crippen LogP contribution in [0.1, 0.15) is 47.0 Å². The van der Waals surface area contributed by atoms with E-state index in [1.165, 1.54) is 0 Å². The number of allylic oxidation sites excluding steroid dienone is 1. The number of nitrogens with zero attached hydrogens (tertiary/aromatic N) is 5. The van der Waals surface area contributed by atoms with E-state index in [4.69, 9.17) is 37.6 Å². The Hall–Kier alpha value is -3.86. The molecule has 9 nitrogen and oxygen atoms in total. The smallest absolute Gasteiger partial charge is 0.223 e. The van der Waals surface area contributed by atoms with Crippen LogP contribution in [0.15, 0.2) is 76.4 Å². The monoisotopic (exact) mass is 642 g/mol. The predicted molar refractivity (Wildman–Crippen MR) is 177 cm³/mol. The summed E-state index contributed by atoms with van der Waals surface area (Å²) in [6, 6.07) is 12.9. The number of aliphatic hydroxyl groups excluding tert-OH is 2. The van der Waals surface area contributed by atoms with Crippen LogP contribution in [0.4, 0.5) is 11.5 Å². The molecule has 2 atom stereocenters. The van der Waals surface area contributed by atoms with E-state index in [1.54, 1.807) is 30.6 Å². The zero-order chi connectivity index (χ0) is 31.1. The van der Waals surface area contributed by atoms with Crippen molar-refractivity contribution in [3.05, 3.63) is 100 Å². The number of dihydropyridines is 1. The number of alkyl halides is 1. The van der Waals surface area contributed by atoms with Crippen molar-refractivity contribution in [1.82, 2.24) is 19.9 Å². The highest BCUT2D eigenvalue weighted by atomic mass is 35.5. The maximum absolute atomic E-state index is 9.84. The Morgan fingerprint density at radius 1 is 1.11 bits per heavy atom. The van der Waals surface area contributed by atoms with Gasteiger partial charge in [0, 0.05) is 49.3 Å². The Morgan fingerprint density at radius 2 is 1.96 bits per heavy atom. The fourth-order valence-electron chi connectivity index (χ4n) is 6.15. The summed E-state index contributed by atoms with van der Waals surface area (Å²) in [5, 5.41) is 24.3. The number of rotatable bonds is 7. The number of nitrogens with one attached hydrogen (secondary N) is 1. The molecule has 5 aromatic rings. The summed E-state index contributed by atoms with van der Waals surface area (Å²) >= 11 is 13.8. The lowest BCUT2D eigenvalue weighted by molar-refractivity contribution is 0.0792. The van der Waals surface area contributed by atoms with Crippen molar-refractivity contribution in [2.45, 2.75) is 49.9 Å². The highest BCUT2D eigenvalue weighted by Gasteiger charge is 2.44. The summed E-state index contributed by atoms with van der Waals surface area (Å²) in [5.74, 6) is 0.918. The molecule has 0 spiro atoms. The fraction of sp³-hybridized carbons (Fsp3) is 0.294. The van der Waals surface area contributed by atoms with Gasteiger partial charge in [0.2, 0.25) is 5.89 Å². The van der Waals surface area contributed by atoms with Gasteiger partial charge in [-0.3, -0.25) is 14.9 Å². The number of piperidine rings is 1. The molecule has 2 aliphatic rings.